The van der Waals surface area contributed by atoms with Gasteiger partial charge in [0.25, 0.3) is 5.91 Å². The third-order valence-electron chi connectivity index (χ3n) is 4.93. The summed E-state index contributed by atoms with van der Waals surface area (Å²) >= 11 is 0. The van der Waals surface area contributed by atoms with Gasteiger partial charge in [-0.05, 0) is 62.6 Å². The molecule has 0 spiro atoms. The first-order valence-electron chi connectivity index (χ1n) is 10.1. The summed E-state index contributed by atoms with van der Waals surface area (Å²) in [5.74, 6) is -0.0397. The first kappa shape index (κ1) is 22.8. The standard InChI is InChI=1S/C22H26N2O6S/c1-16-6-10-19(31(27,28)24-12-4-3-5-13-24)14-20(16)23-21(25)15-29-22(26)11-9-18-8-7-17(2)30-18/h6-11,14H,3-5,12-13,15H2,1-2H3,(H,23,25)/b11-9+. The Morgan fingerprint density at radius 3 is 2.55 bits per heavy atom. The van der Waals surface area contributed by atoms with Crippen LogP contribution in [0, 0.1) is 13.8 Å². The van der Waals surface area contributed by atoms with E-state index in [4.69, 9.17) is 9.15 Å². The van der Waals surface area contributed by atoms with Gasteiger partial charge in [-0.15, -0.1) is 0 Å². The number of carbonyl (C=O) groups is 2. The molecule has 0 unspecified atom stereocenters. The molecule has 0 aliphatic carbocycles. The zero-order valence-electron chi connectivity index (χ0n) is 17.6. The van der Waals surface area contributed by atoms with E-state index in [1.54, 1.807) is 32.0 Å². The first-order chi connectivity index (χ1) is 14.8. The first-order valence-corrected chi connectivity index (χ1v) is 11.5. The highest BCUT2D eigenvalue weighted by atomic mass is 32.2. The number of furan rings is 1. The SMILES string of the molecule is Cc1ccc(/C=C/C(=O)OCC(=O)Nc2cc(S(=O)(=O)N3CCCCC3)ccc2C)o1. The quantitative estimate of drug-likeness (QED) is 0.517. The van der Waals surface area contributed by atoms with E-state index >= 15 is 0 Å². The van der Waals surface area contributed by atoms with Crippen molar-refractivity contribution in [2.75, 3.05) is 25.0 Å². The fourth-order valence-electron chi connectivity index (χ4n) is 3.21. The summed E-state index contributed by atoms with van der Waals surface area (Å²) in [6.07, 6.45) is 5.33. The third kappa shape index (κ3) is 6.05. The summed E-state index contributed by atoms with van der Waals surface area (Å²) in [6.45, 7) is 4.04. The van der Waals surface area contributed by atoms with Crippen molar-refractivity contribution in [2.24, 2.45) is 0 Å². The molecule has 9 heteroatoms. The topological polar surface area (TPSA) is 106 Å². The lowest BCUT2D eigenvalue weighted by molar-refractivity contribution is -0.142. The third-order valence-corrected chi connectivity index (χ3v) is 6.82. The van der Waals surface area contributed by atoms with Crippen LogP contribution in [0.4, 0.5) is 5.69 Å². The lowest BCUT2D eigenvalue weighted by Gasteiger charge is -2.26. The average molecular weight is 447 g/mol. The molecular formula is C22H26N2O6S. The molecule has 0 saturated carbocycles. The highest BCUT2D eigenvalue weighted by Crippen LogP contribution is 2.25. The molecule has 1 aromatic heterocycles. The van der Waals surface area contributed by atoms with Crippen LogP contribution in [0.1, 0.15) is 36.3 Å². The van der Waals surface area contributed by atoms with Crippen LogP contribution in [-0.4, -0.2) is 44.3 Å². The molecular weight excluding hydrogens is 420 g/mol. The maximum Gasteiger partial charge on any atom is 0.331 e. The van der Waals surface area contributed by atoms with Gasteiger partial charge in [-0.3, -0.25) is 4.79 Å². The van der Waals surface area contributed by atoms with Crippen molar-refractivity contribution < 1.29 is 27.2 Å². The number of hydrogen-bond donors (Lipinski definition) is 1. The number of nitrogens with zero attached hydrogens (tertiary/aromatic N) is 1. The zero-order valence-corrected chi connectivity index (χ0v) is 18.4. The minimum atomic E-state index is -3.62. The van der Waals surface area contributed by atoms with E-state index in [2.05, 4.69) is 5.32 Å². The molecule has 0 atom stereocenters. The Hall–Kier alpha value is -2.91. The summed E-state index contributed by atoms with van der Waals surface area (Å²) < 4.78 is 37.5. The Kier molecular flexibility index (Phi) is 7.29. The number of aryl methyl sites for hydroxylation is 2. The molecule has 1 aliphatic rings. The Morgan fingerprint density at radius 2 is 1.87 bits per heavy atom. The lowest BCUT2D eigenvalue weighted by atomic mass is 10.2. The highest BCUT2D eigenvalue weighted by molar-refractivity contribution is 7.89. The second kappa shape index (κ2) is 9.93. The van der Waals surface area contributed by atoms with Crippen molar-refractivity contribution in [1.82, 2.24) is 4.31 Å². The van der Waals surface area contributed by atoms with E-state index in [0.29, 0.717) is 35.9 Å². The predicted octanol–water partition coefficient (Wildman–Crippen LogP) is 3.27. The summed E-state index contributed by atoms with van der Waals surface area (Å²) in [5.41, 5.74) is 1.06. The van der Waals surface area contributed by atoms with E-state index in [1.165, 1.54) is 28.6 Å². The number of ether oxygens (including phenoxy) is 1. The monoisotopic (exact) mass is 446 g/mol. The largest absolute Gasteiger partial charge is 0.462 e. The van der Waals surface area contributed by atoms with E-state index in [9.17, 15) is 18.0 Å². The summed E-state index contributed by atoms with van der Waals surface area (Å²) in [5, 5.41) is 2.62. The van der Waals surface area contributed by atoms with Crippen molar-refractivity contribution in [1.29, 1.82) is 0 Å². The van der Waals surface area contributed by atoms with Crippen LogP contribution in [-0.2, 0) is 24.3 Å². The van der Waals surface area contributed by atoms with Gasteiger partial charge in [0.05, 0.1) is 4.90 Å². The lowest BCUT2D eigenvalue weighted by Crippen LogP contribution is -2.35. The van der Waals surface area contributed by atoms with E-state index < -0.39 is 28.5 Å². The molecule has 1 saturated heterocycles. The highest BCUT2D eigenvalue weighted by Gasteiger charge is 2.26. The smallest absolute Gasteiger partial charge is 0.331 e. The summed E-state index contributed by atoms with van der Waals surface area (Å²) in [7, 11) is -3.62. The fourth-order valence-corrected chi connectivity index (χ4v) is 4.76. The molecule has 1 fully saturated rings. The molecule has 1 aliphatic heterocycles. The second-order valence-electron chi connectivity index (χ2n) is 7.38. The zero-order chi connectivity index (χ0) is 22.4. The summed E-state index contributed by atoms with van der Waals surface area (Å²) in [4.78, 5) is 24.1. The average Bonchev–Trinajstić information content (AvgIpc) is 3.18. The molecule has 31 heavy (non-hydrogen) atoms. The number of carbonyl (C=O) groups excluding carboxylic acids is 2. The van der Waals surface area contributed by atoms with Crippen LogP contribution in [0.5, 0.6) is 0 Å². The van der Waals surface area contributed by atoms with Gasteiger partial charge in [0.2, 0.25) is 10.0 Å². The van der Waals surface area contributed by atoms with Gasteiger partial charge in [-0.2, -0.15) is 4.31 Å². The Labute approximate surface area is 181 Å². The van der Waals surface area contributed by atoms with Gasteiger partial charge in [-0.25, -0.2) is 13.2 Å². The maximum atomic E-state index is 12.9. The van der Waals surface area contributed by atoms with Crippen molar-refractivity contribution in [3.8, 4) is 0 Å². The number of sulfonamides is 1. The van der Waals surface area contributed by atoms with Gasteiger partial charge in [0.15, 0.2) is 6.61 Å². The van der Waals surface area contributed by atoms with Crippen LogP contribution in [0.25, 0.3) is 6.08 Å². The summed E-state index contributed by atoms with van der Waals surface area (Å²) in [6, 6.07) is 8.10. The fraction of sp³-hybridized carbons (Fsp3) is 0.364. The van der Waals surface area contributed by atoms with Crippen LogP contribution >= 0.6 is 0 Å². The molecule has 1 amide bonds. The number of amides is 1. The second-order valence-corrected chi connectivity index (χ2v) is 9.32. The molecule has 2 aromatic rings. The number of rotatable bonds is 7. The molecule has 1 aromatic carbocycles. The van der Waals surface area contributed by atoms with Crippen LogP contribution in [0.15, 0.2) is 45.7 Å². The van der Waals surface area contributed by atoms with Crippen molar-refractivity contribution in [3.63, 3.8) is 0 Å². The van der Waals surface area contributed by atoms with Crippen molar-refractivity contribution in [3.05, 3.63) is 53.5 Å². The minimum Gasteiger partial charge on any atom is -0.462 e. The van der Waals surface area contributed by atoms with E-state index in [1.807, 2.05) is 0 Å². The number of esters is 1. The Bertz CT molecular complexity index is 1080. The molecule has 0 bridgehead atoms. The normalized spacial score (nSPS) is 15.2. The van der Waals surface area contributed by atoms with Crippen molar-refractivity contribution >= 4 is 33.7 Å². The van der Waals surface area contributed by atoms with Gasteiger partial charge in [-0.1, -0.05) is 12.5 Å². The molecule has 3 rings (SSSR count). The van der Waals surface area contributed by atoms with Gasteiger partial charge in [0.1, 0.15) is 11.5 Å². The Morgan fingerprint density at radius 1 is 1.13 bits per heavy atom. The molecule has 166 valence electrons. The van der Waals surface area contributed by atoms with Crippen LogP contribution < -0.4 is 5.32 Å². The van der Waals surface area contributed by atoms with E-state index in [-0.39, 0.29) is 4.90 Å². The molecule has 2 heterocycles. The number of benzene rings is 1. The van der Waals surface area contributed by atoms with Crippen molar-refractivity contribution in [2.45, 2.75) is 38.0 Å². The maximum absolute atomic E-state index is 12.9. The molecule has 8 nitrogen and oxygen atoms in total. The predicted molar refractivity (Wildman–Crippen MR) is 116 cm³/mol. The molecule has 1 N–H and O–H groups in total. The van der Waals surface area contributed by atoms with Gasteiger partial charge in [0, 0.05) is 24.9 Å². The van der Waals surface area contributed by atoms with E-state index in [0.717, 1.165) is 19.3 Å². The number of piperidine rings is 1. The van der Waals surface area contributed by atoms with Crippen LogP contribution in [0.3, 0.4) is 0 Å². The van der Waals surface area contributed by atoms with Gasteiger partial charge >= 0.3 is 5.97 Å². The number of nitrogens with one attached hydrogen (secondary N) is 1. The number of hydrogen-bond acceptors (Lipinski definition) is 6. The minimum absolute atomic E-state index is 0.129. The number of anilines is 1. The molecule has 0 radical (unpaired) electrons. The Balaban J connectivity index is 1.60. The van der Waals surface area contributed by atoms with Gasteiger partial charge < -0.3 is 14.5 Å². The van der Waals surface area contributed by atoms with Crippen LogP contribution in [0.2, 0.25) is 0 Å².